The molecule has 1 aromatic heterocycles. The van der Waals surface area contributed by atoms with Crippen LogP contribution < -0.4 is 4.90 Å². The third-order valence-electron chi connectivity index (χ3n) is 5.69. The maximum Gasteiger partial charge on any atom is 0.291 e. The number of rotatable bonds is 4. The van der Waals surface area contributed by atoms with E-state index in [2.05, 4.69) is 40.8 Å². The number of amides is 1. The van der Waals surface area contributed by atoms with Crippen molar-refractivity contribution in [3.63, 3.8) is 0 Å². The molecule has 0 N–H and O–H groups in total. The average molecular weight is 331 g/mol. The van der Waals surface area contributed by atoms with Gasteiger partial charge in [0.25, 0.3) is 5.91 Å². The smallest absolute Gasteiger partial charge is 0.291 e. The van der Waals surface area contributed by atoms with Crippen LogP contribution in [-0.2, 0) is 0 Å². The molecule has 2 fully saturated rings. The molecule has 132 valence electrons. The molecule has 1 saturated carbocycles. The van der Waals surface area contributed by atoms with Gasteiger partial charge in [0.2, 0.25) is 5.82 Å². The zero-order valence-corrected chi connectivity index (χ0v) is 15.5. The number of aryl methyl sites for hydroxylation is 1. The number of likely N-dealkylation sites (N-methyl/N-ethyl adjacent to an activating group) is 1. The van der Waals surface area contributed by atoms with E-state index in [9.17, 15) is 4.79 Å². The van der Waals surface area contributed by atoms with Crippen molar-refractivity contribution in [3.8, 4) is 0 Å². The monoisotopic (exact) mass is 331 g/mol. The predicted molar refractivity (Wildman–Crippen MR) is 95.5 cm³/mol. The topological polar surface area (TPSA) is 52.6 Å². The van der Waals surface area contributed by atoms with E-state index in [1.54, 1.807) is 0 Å². The van der Waals surface area contributed by atoms with Gasteiger partial charge in [-0.15, -0.1) is 0 Å². The molecule has 0 spiro atoms. The Balaban J connectivity index is 1.85. The minimum absolute atomic E-state index is 0.0487. The summed E-state index contributed by atoms with van der Waals surface area (Å²) in [6.45, 7) is 5.96. The second-order valence-corrected chi connectivity index (χ2v) is 7.43. The largest absolute Gasteiger partial charge is 0.355 e. The lowest BCUT2D eigenvalue weighted by atomic mass is 9.92. The van der Waals surface area contributed by atoms with E-state index >= 15 is 0 Å². The molecule has 2 heterocycles. The van der Waals surface area contributed by atoms with Crippen LogP contribution in [0.4, 0.5) is 5.82 Å². The second kappa shape index (κ2) is 6.67. The summed E-state index contributed by atoms with van der Waals surface area (Å²) in [7, 11) is 6.12. The quantitative estimate of drug-likeness (QED) is 0.843. The molecule has 0 unspecified atom stereocenters. The zero-order chi connectivity index (χ0) is 17.4. The van der Waals surface area contributed by atoms with Crippen LogP contribution in [0.25, 0.3) is 0 Å². The Kier molecular flexibility index (Phi) is 4.76. The van der Waals surface area contributed by atoms with Gasteiger partial charge in [-0.05, 0) is 53.6 Å². The van der Waals surface area contributed by atoms with Crippen molar-refractivity contribution in [1.29, 1.82) is 0 Å². The molecular formula is C18H29N5O. The summed E-state index contributed by atoms with van der Waals surface area (Å²) >= 11 is 0. The molecule has 6 nitrogen and oxygen atoms in total. The molecule has 2 aliphatic rings. The van der Waals surface area contributed by atoms with Gasteiger partial charge in [-0.1, -0.05) is 0 Å². The maximum atomic E-state index is 12.8. The van der Waals surface area contributed by atoms with E-state index in [4.69, 9.17) is 0 Å². The van der Waals surface area contributed by atoms with Crippen LogP contribution in [0.1, 0.15) is 47.6 Å². The van der Waals surface area contributed by atoms with Crippen LogP contribution in [0.15, 0.2) is 0 Å². The normalized spacial score (nSPS) is 21.2. The minimum Gasteiger partial charge on any atom is -0.355 e. The molecule has 1 aromatic rings. The summed E-state index contributed by atoms with van der Waals surface area (Å²) in [6, 6.07) is 0.896. The molecule has 3 rings (SSSR count). The third kappa shape index (κ3) is 3.11. The van der Waals surface area contributed by atoms with Gasteiger partial charge in [0, 0.05) is 43.5 Å². The van der Waals surface area contributed by atoms with Gasteiger partial charge in [0.15, 0.2) is 0 Å². The average Bonchev–Trinajstić information content (AvgIpc) is 2.97. The third-order valence-corrected chi connectivity index (χ3v) is 5.69. The summed E-state index contributed by atoms with van der Waals surface area (Å²) in [5, 5.41) is 0. The number of carbonyl (C=O) groups is 1. The Bertz CT molecular complexity index is 626. The van der Waals surface area contributed by atoms with Gasteiger partial charge in [-0.25, -0.2) is 9.97 Å². The standard InChI is InChI=1S/C18H29N5O/c1-12-13(2)19-16(18(24)22(5)14-7-6-8-14)20-17(12)23-10-9-15(11-23)21(3)4/h14-15H,6-11H2,1-5H3/t15-/m1/s1. The Morgan fingerprint density at radius 2 is 1.79 bits per heavy atom. The number of nitrogens with zero attached hydrogens (tertiary/aromatic N) is 5. The van der Waals surface area contributed by atoms with E-state index in [0.29, 0.717) is 17.9 Å². The fourth-order valence-corrected chi connectivity index (χ4v) is 3.47. The molecule has 0 radical (unpaired) electrons. The summed E-state index contributed by atoms with van der Waals surface area (Å²) in [5.41, 5.74) is 1.98. The Labute approximate surface area is 144 Å². The molecule has 1 saturated heterocycles. The fraction of sp³-hybridized carbons (Fsp3) is 0.722. The van der Waals surface area contributed by atoms with Gasteiger partial charge < -0.3 is 14.7 Å². The lowest BCUT2D eigenvalue weighted by molar-refractivity contribution is 0.0639. The Morgan fingerprint density at radius 3 is 2.33 bits per heavy atom. The van der Waals surface area contributed by atoms with Crippen LogP contribution >= 0.6 is 0 Å². The summed E-state index contributed by atoms with van der Waals surface area (Å²) < 4.78 is 0. The summed E-state index contributed by atoms with van der Waals surface area (Å²) in [5.74, 6) is 1.22. The number of carbonyl (C=O) groups excluding carboxylic acids is 1. The van der Waals surface area contributed by atoms with Crippen molar-refractivity contribution < 1.29 is 4.79 Å². The molecule has 1 atom stereocenters. The first kappa shape index (κ1) is 17.1. The molecule has 24 heavy (non-hydrogen) atoms. The first-order valence-electron chi connectivity index (χ1n) is 8.92. The summed E-state index contributed by atoms with van der Waals surface area (Å²) in [6.07, 6.45) is 4.52. The molecule has 1 aliphatic carbocycles. The zero-order valence-electron chi connectivity index (χ0n) is 15.5. The fourth-order valence-electron chi connectivity index (χ4n) is 3.47. The van der Waals surface area contributed by atoms with Crippen molar-refractivity contribution in [2.75, 3.05) is 39.1 Å². The van der Waals surface area contributed by atoms with E-state index in [-0.39, 0.29) is 5.91 Å². The van der Waals surface area contributed by atoms with Crippen molar-refractivity contribution in [1.82, 2.24) is 19.8 Å². The van der Waals surface area contributed by atoms with Crippen molar-refractivity contribution in [2.45, 2.75) is 51.6 Å². The van der Waals surface area contributed by atoms with Gasteiger partial charge in [-0.2, -0.15) is 0 Å². The van der Waals surface area contributed by atoms with E-state index in [1.807, 2.05) is 18.9 Å². The van der Waals surface area contributed by atoms with Gasteiger partial charge in [0.05, 0.1) is 0 Å². The van der Waals surface area contributed by atoms with Gasteiger partial charge >= 0.3 is 0 Å². The molecule has 0 aromatic carbocycles. The van der Waals surface area contributed by atoms with Gasteiger partial charge in [-0.3, -0.25) is 4.79 Å². The maximum absolute atomic E-state index is 12.8. The molecular weight excluding hydrogens is 302 g/mol. The number of hydrogen-bond donors (Lipinski definition) is 0. The number of hydrogen-bond acceptors (Lipinski definition) is 5. The minimum atomic E-state index is -0.0487. The summed E-state index contributed by atoms with van der Waals surface area (Å²) in [4.78, 5) is 28.3. The lowest BCUT2D eigenvalue weighted by Gasteiger charge is -2.34. The van der Waals surface area contributed by atoms with Crippen LogP contribution in [-0.4, -0.2) is 72.0 Å². The Morgan fingerprint density at radius 1 is 1.08 bits per heavy atom. The first-order chi connectivity index (χ1) is 11.4. The van der Waals surface area contributed by atoms with Crippen molar-refractivity contribution in [3.05, 3.63) is 17.1 Å². The van der Waals surface area contributed by atoms with Gasteiger partial charge in [0.1, 0.15) is 5.82 Å². The van der Waals surface area contributed by atoms with Crippen molar-refractivity contribution in [2.24, 2.45) is 0 Å². The lowest BCUT2D eigenvalue weighted by Crippen LogP contribution is -2.42. The second-order valence-electron chi connectivity index (χ2n) is 7.43. The highest BCUT2D eigenvalue weighted by Gasteiger charge is 2.30. The Hall–Kier alpha value is -1.69. The van der Waals surface area contributed by atoms with E-state index in [0.717, 1.165) is 49.4 Å². The molecule has 1 aliphatic heterocycles. The molecule has 1 amide bonds. The van der Waals surface area contributed by atoms with Crippen LogP contribution in [0.3, 0.4) is 0 Å². The SMILES string of the molecule is Cc1nc(C(=O)N(C)C2CCC2)nc(N2CC[C@@H](N(C)C)C2)c1C. The first-order valence-corrected chi connectivity index (χ1v) is 8.92. The van der Waals surface area contributed by atoms with Crippen LogP contribution in [0, 0.1) is 13.8 Å². The van der Waals surface area contributed by atoms with Crippen LogP contribution in [0.2, 0.25) is 0 Å². The van der Waals surface area contributed by atoms with E-state index in [1.165, 1.54) is 6.42 Å². The highest BCUT2D eigenvalue weighted by atomic mass is 16.2. The van der Waals surface area contributed by atoms with E-state index < -0.39 is 0 Å². The van der Waals surface area contributed by atoms with Crippen LogP contribution in [0.5, 0.6) is 0 Å². The molecule has 0 bridgehead atoms. The number of aromatic nitrogens is 2. The number of anilines is 1. The van der Waals surface area contributed by atoms with Crippen molar-refractivity contribution >= 4 is 11.7 Å². The highest BCUT2D eigenvalue weighted by molar-refractivity contribution is 5.91. The molecule has 6 heteroatoms. The highest BCUT2D eigenvalue weighted by Crippen LogP contribution is 2.27. The predicted octanol–water partition coefficient (Wildman–Crippen LogP) is 1.86.